The quantitative estimate of drug-likeness (QED) is 0.701. The number of aryl methyl sites for hydroxylation is 1. The van der Waals surface area contributed by atoms with Crippen molar-refractivity contribution in [2.45, 2.75) is 39.2 Å². The molecule has 94 valence electrons. The van der Waals surface area contributed by atoms with E-state index in [1.165, 1.54) is 0 Å². The molecule has 0 aromatic heterocycles. The highest BCUT2D eigenvalue weighted by atomic mass is 16.3. The van der Waals surface area contributed by atoms with Crippen molar-refractivity contribution < 1.29 is 9.90 Å². The van der Waals surface area contributed by atoms with Crippen LogP contribution in [0, 0.1) is 6.92 Å². The van der Waals surface area contributed by atoms with E-state index in [4.69, 9.17) is 5.73 Å². The van der Waals surface area contributed by atoms with E-state index in [1.54, 1.807) is 18.2 Å². The molecule has 0 aliphatic rings. The van der Waals surface area contributed by atoms with Crippen LogP contribution in [0.15, 0.2) is 18.2 Å². The van der Waals surface area contributed by atoms with Crippen molar-refractivity contribution in [1.29, 1.82) is 0 Å². The van der Waals surface area contributed by atoms with E-state index in [1.807, 2.05) is 20.8 Å². The van der Waals surface area contributed by atoms with Crippen LogP contribution in [0.5, 0.6) is 5.75 Å². The van der Waals surface area contributed by atoms with Crippen LogP contribution in [-0.4, -0.2) is 16.6 Å². The van der Waals surface area contributed by atoms with Gasteiger partial charge in [-0.1, -0.05) is 13.8 Å². The number of amides is 1. The van der Waals surface area contributed by atoms with Gasteiger partial charge in [0.1, 0.15) is 5.75 Å². The van der Waals surface area contributed by atoms with Crippen LogP contribution in [0.25, 0.3) is 0 Å². The summed E-state index contributed by atoms with van der Waals surface area (Å²) in [5, 5.41) is 12.1. The summed E-state index contributed by atoms with van der Waals surface area (Å²) in [6.45, 7) is 5.62. The van der Waals surface area contributed by atoms with Crippen LogP contribution in [0.2, 0.25) is 0 Å². The number of anilines is 1. The summed E-state index contributed by atoms with van der Waals surface area (Å²) in [6.07, 6.45) is 1.18. The molecule has 0 aliphatic carbocycles. The summed E-state index contributed by atoms with van der Waals surface area (Å²) in [4.78, 5) is 12.0. The predicted octanol–water partition coefficient (Wildman–Crippen LogP) is 2.16. The van der Waals surface area contributed by atoms with Gasteiger partial charge in [0.15, 0.2) is 0 Å². The number of hydrogen-bond acceptors (Lipinski definition) is 3. The fourth-order valence-electron chi connectivity index (χ4n) is 1.61. The van der Waals surface area contributed by atoms with Gasteiger partial charge in [0.25, 0.3) is 0 Å². The van der Waals surface area contributed by atoms with Gasteiger partial charge in [-0.15, -0.1) is 0 Å². The third-order valence-corrected chi connectivity index (χ3v) is 3.17. The molecule has 1 amide bonds. The molecule has 0 bridgehead atoms. The topological polar surface area (TPSA) is 75.4 Å². The molecular weight excluding hydrogens is 216 g/mol. The van der Waals surface area contributed by atoms with E-state index in [9.17, 15) is 9.90 Å². The van der Waals surface area contributed by atoms with Crippen molar-refractivity contribution in [3.8, 4) is 5.75 Å². The highest BCUT2D eigenvalue weighted by Gasteiger charge is 2.30. The van der Waals surface area contributed by atoms with E-state index >= 15 is 0 Å². The largest absolute Gasteiger partial charge is 0.508 e. The van der Waals surface area contributed by atoms with E-state index in [0.717, 1.165) is 5.56 Å². The molecule has 17 heavy (non-hydrogen) atoms. The van der Waals surface area contributed by atoms with Crippen LogP contribution >= 0.6 is 0 Å². The third kappa shape index (κ3) is 2.97. The zero-order valence-corrected chi connectivity index (χ0v) is 10.6. The van der Waals surface area contributed by atoms with Gasteiger partial charge in [0.05, 0.1) is 5.54 Å². The second-order valence-corrected chi connectivity index (χ2v) is 4.32. The number of benzene rings is 1. The van der Waals surface area contributed by atoms with Gasteiger partial charge in [-0.05, 0) is 43.5 Å². The molecular formula is C13H20N2O2. The summed E-state index contributed by atoms with van der Waals surface area (Å²) in [6, 6.07) is 4.82. The van der Waals surface area contributed by atoms with E-state index in [-0.39, 0.29) is 11.7 Å². The Balaban J connectivity index is 2.88. The maximum absolute atomic E-state index is 12.0. The molecule has 0 atom stereocenters. The first-order valence-electron chi connectivity index (χ1n) is 5.83. The number of phenolic OH excluding ortho intramolecular Hbond substituents is 1. The molecule has 0 saturated heterocycles. The SMILES string of the molecule is CCC(N)(CC)C(=O)Nc1ccc(O)cc1C. The molecule has 1 rings (SSSR count). The van der Waals surface area contributed by atoms with Gasteiger partial charge < -0.3 is 16.2 Å². The molecule has 0 unspecified atom stereocenters. The number of nitrogens with one attached hydrogen (secondary N) is 1. The highest BCUT2D eigenvalue weighted by molar-refractivity contribution is 5.98. The number of carbonyl (C=O) groups is 1. The smallest absolute Gasteiger partial charge is 0.244 e. The Kier molecular flexibility index (Phi) is 4.12. The summed E-state index contributed by atoms with van der Waals surface area (Å²) in [5.41, 5.74) is 6.68. The monoisotopic (exact) mass is 236 g/mol. The first kappa shape index (κ1) is 13.5. The lowest BCUT2D eigenvalue weighted by molar-refractivity contribution is -0.121. The Hall–Kier alpha value is -1.55. The highest BCUT2D eigenvalue weighted by Crippen LogP contribution is 2.22. The van der Waals surface area contributed by atoms with Gasteiger partial charge >= 0.3 is 0 Å². The lowest BCUT2D eigenvalue weighted by Gasteiger charge is -2.25. The molecule has 0 radical (unpaired) electrons. The fourth-order valence-corrected chi connectivity index (χ4v) is 1.61. The van der Waals surface area contributed by atoms with Crippen molar-refractivity contribution in [2.24, 2.45) is 5.73 Å². The molecule has 0 aliphatic heterocycles. The van der Waals surface area contributed by atoms with Crippen molar-refractivity contribution >= 4 is 11.6 Å². The molecule has 1 aromatic carbocycles. The molecule has 4 N–H and O–H groups in total. The number of hydrogen-bond donors (Lipinski definition) is 3. The fraction of sp³-hybridized carbons (Fsp3) is 0.462. The summed E-state index contributed by atoms with van der Waals surface area (Å²) < 4.78 is 0. The Morgan fingerprint density at radius 3 is 2.47 bits per heavy atom. The van der Waals surface area contributed by atoms with Gasteiger partial charge in [0, 0.05) is 5.69 Å². The standard InChI is InChI=1S/C13H20N2O2/c1-4-13(14,5-2)12(17)15-11-7-6-10(16)8-9(11)3/h6-8,16H,4-5,14H2,1-3H3,(H,15,17). The molecule has 0 spiro atoms. The Morgan fingerprint density at radius 1 is 1.41 bits per heavy atom. The maximum Gasteiger partial charge on any atom is 0.244 e. The van der Waals surface area contributed by atoms with Gasteiger partial charge in [-0.25, -0.2) is 0 Å². The zero-order chi connectivity index (χ0) is 13.1. The summed E-state index contributed by atoms with van der Waals surface area (Å²) >= 11 is 0. The summed E-state index contributed by atoms with van der Waals surface area (Å²) in [7, 11) is 0. The molecule has 0 heterocycles. The second-order valence-electron chi connectivity index (χ2n) is 4.32. The van der Waals surface area contributed by atoms with Crippen molar-refractivity contribution in [3.05, 3.63) is 23.8 Å². The molecule has 4 nitrogen and oxygen atoms in total. The molecule has 1 aromatic rings. The normalized spacial score (nSPS) is 11.3. The van der Waals surface area contributed by atoms with Gasteiger partial charge in [0.2, 0.25) is 5.91 Å². The Bertz CT molecular complexity index is 412. The van der Waals surface area contributed by atoms with E-state index in [0.29, 0.717) is 18.5 Å². The van der Waals surface area contributed by atoms with E-state index in [2.05, 4.69) is 5.32 Å². The average Bonchev–Trinajstić information content (AvgIpc) is 2.31. The lowest BCUT2D eigenvalue weighted by atomic mass is 9.93. The van der Waals surface area contributed by atoms with Gasteiger partial charge in [-0.2, -0.15) is 0 Å². The number of carbonyl (C=O) groups excluding carboxylic acids is 1. The minimum Gasteiger partial charge on any atom is -0.508 e. The average molecular weight is 236 g/mol. The molecule has 0 saturated carbocycles. The molecule has 4 heteroatoms. The first-order chi connectivity index (χ1) is 7.92. The maximum atomic E-state index is 12.0. The van der Waals surface area contributed by atoms with Crippen molar-refractivity contribution in [3.63, 3.8) is 0 Å². The Morgan fingerprint density at radius 2 is 2.00 bits per heavy atom. The van der Waals surface area contributed by atoms with Crippen LogP contribution in [0.3, 0.4) is 0 Å². The second kappa shape index (κ2) is 5.19. The van der Waals surface area contributed by atoms with Crippen molar-refractivity contribution in [2.75, 3.05) is 5.32 Å². The first-order valence-corrected chi connectivity index (χ1v) is 5.83. The van der Waals surface area contributed by atoms with Crippen LogP contribution in [0.4, 0.5) is 5.69 Å². The van der Waals surface area contributed by atoms with Crippen LogP contribution < -0.4 is 11.1 Å². The number of nitrogens with two attached hydrogens (primary N) is 1. The zero-order valence-electron chi connectivity index (χ0n) is 10.6. The lowest BCUT2D eigenvalue weighted by Crippen LogP contribution is -2.50. The predicted molar refractivity (Wildman–Crippen MR) is 69.0 cm³/mol. The minimum atomic E-state index is -0.829. The number of phenols is 1. The van der Waals surface area contributed by atoms with E-state index < -0.39 is 5.54 Å². The number of rotatable bonds is 4. The van der Waals surface area contributed by atoms with Crippen LogP contribution in [0.1, 0.15) is 32.3 Å². The van der Waals surface area contributed by atoms with Crippen molar-refractivity contribution in [1.82, 2.24) is 0 Å². The summed E-state index contributed by atoms with van der Waals surface area (Å²) in [5.74, 6) is 0.00165. The third-order valence-electron chi connectivity index (χ3n) is 3.17. The number of aromatic hydroxyl groups is 1. The molecule has 0 fully saturated rings. The van der Waals surface area contributed by atoms with Crippen LogP contribution in [-0.2, 0) is 4.79 Å². The van der Waals surface area contributed by atoms with Gasteiger partial charge in [-0.3, -0.25) is 4.79 Å². The minimum absolute atomic E-state index is 0.184. The Labute approximate surface area is 102 Å².